The third kappa shape index (κ3) is 3.08. The van der Waals surface area contributed by atoms with E-state index < -0.39 is 0 Å². The number of rotatable bonds is 3. The lowest BCUT2D eigenvalue weighted by Crippen LogP contribution is -2.05. The fourth-order valence-corrected chi connectivity index (χ4v) is 3.01. The molecular weight excluding hydrogens is 302 g/mol. The van der Waals surface area contributed by atoms with E-state index in [-0.39, 0.29) is 6.04 Å². The number of aromatic nitrogens is 2. The minimum atomic E-state index is 0.00840. The van der Waals surface area contributed by atoms with Crippen molar-refractivity contribution < 1.29 is 4.42 Å². The summed E-state index contributed by atoms with van der Waals surface area (Å²) in [5.41, 5.74) is 6.92. The van der Waals surface area contributed by atoms with Crippen LogP contribution in [-0.2, 0) is 0 Å². The van der Waals surface area contributed by atoms with Crippen LogP contribution in [0.2, 0.25) is 0 Å². The maximum atomic E-state index is 5.84. The van der Waals surface area contributed by atoms with Gasteiger partial charge in [-0.3, -0.25) is 0 Å². The Morgan fingerprint density at radius 2 is 2.18 bits per heavy atom. The molecular formula is C11H12BrN3OS. The highest BCUT2D eigenvalue weighted by atomic mass is 79.9. The van der Waals surface area contributed by atoms with Crippen molar-refractivity contribution in [3.8, 4) is 0 Å². The van der Waals surface area contributed by atoms with Gasteiger partial charge in [0.15, 0.2) is 0 Å². The molecule has 1 aromatic carbocycles. The molecule has 0 aliphatic rings. The van der Waals surface area contributed by atoms with E-state index in [1.165, 1.54) is 11.8 Å². The fourth-order valence-electron chi connectivity index (χ4n) is 1.36. The minimum absolute atomic E-state index is 0.00840. The smallest absolute Gasteiger partial charge is 0.281 e. The van der Waals surface area contributed by atoms with Crippen LogP contribution in [0.25, 0.3) is 0 Å². The van der Waals surface area contributed by atoms with Crippen LogP contribution in [0.1, 0.15) is 24.4 Å². The van der Waals surface area contributed by atoms with Gasteiger partial charge in [0.2, 0.25) is 5.89 Å². The molecule has 2 aromatic rings. The van der Waals surface area contributed by atoms with Crippen molar-refractivity contribution in [2.75, 3.05) is 0 Å². The van der Waals surface area contributed by atoms with Crippen LogP contribution >= 0.6 is 27.7 Å². The van der Waals surface area contributed by atoms with Crippen LogP contribution in [0, 0.1) is 6.92 Å². The van der Waals surface area contributed by atoms with Crippen LogP contribution in [-0.4, -0.2) is 10.2 Å². The molecule has 0 bridgehead atoms. The number of nitrogens with two attached hydrogens (primary N) is 1. The van der Waals surface area contributed by atoms with E-state index in [9.17, 15) is 0 Å². The van der Waals surface area contributed by atoms with Gasteiger partial charge in [-0.05, 0) is 36.4 Å². The Bertz CT molecular complexity index is 527. The van der Waals surface area contributed by atoms with E-state index >= 15 is 0 Å². The summed E-state index contributed by atoms with van der Waals surface area (Å²) in [4.78, 5) is 1.03. The van der Waals surface area contributed by atoms with Gasteiger partial charge < -0.3 is 10.2 Å². The SMILES string of the molecule is Cc1nnc(Sc2ccc([C@@H](C)N)c(Br)c2)o1. The molecule has 4 nitrogen and oxygen atoms in total. The molecule has 1 aromatic heterocycles. The molecule has 0 spiro atoms. The van der Waals surface area contributed by atoms with Gasteiger partial charge in [-0.25, -0.2) is 0 Å². The Kier molecular flexibility index (Phi) is 3.86. The van der Waals surface area contributed by atoms with Crippen LogP contribution in [0.4, 0.5) is 0 Å². The van der Waals surface area contributed by atoms with Crippen molar-refractivity contribution in [1.29, 1.82) is 0 Å². The van der Waals surface area contributed by atoms with Crippen molar-refractivity contribution in [2.45, 2.75) is 30.0 Å². The number of hydrogen-bond acceptors (Lipinski definition) is 5. The normalized spacial score (nSPS) is 12.7. The summed E-state index contributed by atoms with van der Waals surface area (Å²) in [6.07, 6.45) is 0. The summed E-state index contributed by atoms with van der Waals surface area (Å²) in [6.45, 7) is 3.72. The average Bonchev–Trinajstić information content (AvgIpc) is 2.63. The van der Waals surface area contributed by atoms with E-state index in [0.717, 1.165) is 14.9 Å². The van der Waals surface area contributed by atoms with Gasteiger partial charge in [-0.15, -0.1) is 10.2 Å². The highest BCUT2D eigenvalue weighted by molar-refractivity contribution is 9.10. The van der Waals surface area contributed by atoms with Crippen molar-refractivity contribution in [1.82, 2.24) is 10.2 Å². The predicted molar refractivity (Wildman–Crippen MR) is 69.9 cm³/mol. The fraction of sp³-hybridized carbons (Fsp3) is 0.273. The number of aryl methyl sites for hydroxylation is 1. The first-order valence-electron chi connectivity index (χ1n) is 5.09. The van der Waals surface area contributed by atoms with Gasteiger partial charge in [-0.1, -0.05) is 22.0 Å². The molecule has 0 fully saturated rings. The van der Waals surface area contributed by atoms with Gasteiger partial charge in [0.1, 0.15) is 0 Å². The molecule has 0 saturated heterocycles. The molecule has 0 unspecified atom stereocenters. The molecule has 0 amide bonds. The van der Waals surface area contributed by atoms with Gasteiger partial charge in [0, 0.05) is 22.3 Å². The molecule has 0 saturated carbocycles. The largest absolute Gasteiger partial charge is 0.416 e. The van der Waals surface area contributed by atoms with Gasteiger partial charge in [-0.2, -0.15) is 0 Å². The summed E-state index contributed by atoms with van der Waals surface area (Å²) >= 11 is 4.94. The Hall–Kier alpha value is -0.850. The van der Waals surface area contributed by atoms with Crippen molar-refractivity contribution in [3.05, 3.63) is 34.1 Å². The van der Waals surface area contributed by atoms with E-state index in [0.29, 0.717) is 11.1 Å². The summed E-state index contributed by atoms with van der Waals surface area (Å²) in [7, 11) is 0. The lowest BCUT2D eigenvalue weighted by molar-refractivity contribution is 0.429. The highest BCUT2D eigenvalue weighted by Crippen LogP contribution is 2.31. The monoisotopic (exact) mass is 313 g/mol. The molecule has 1 heterocycles. The topological polar surface area (TPSA) is 64.9 Å². The first-order chi connectivity index (χ1) is 8.06. The minimum Gasteiger partial charge on any atom is -0.416 e. The second-order valence-corrected chi connectivity index (χ2v) is 5.54. The summed E-state index contributed by atoms with van der Waals surface area (Å²) in [5.74, 6) is 0.568. The number of nitrogens with zero attached hydrogens (tertiary/aromatic N) is 2. The zero-order valence-corrected chi connectivity index (χ0v) is 11.9. The van der Waals surface area contributed by atoms with Gasteiger partial charge in [0.25, 0.3) is 5.22 Å². The molecule has 0 aliphatic carbocycles. The Labute approximate surface area is 112 Å². The highest BCUT2D eigenvalue weighted by Gasteiger charge is 2.09. The van der Waals surface area contributed by atoms with Gasteiger partial charge >= 0.3 is 0 Å². The standard InChI is InChI=1S/C11H12BrN3OS/c1-6(13)9-4-3-8(5-10(9)12)17-11-15-14-7(2)16-11/h3-6H,13H2,1-2H3/t6-/m1/s1. The number of halogens is 1. The molecule has 90 valence electrons. The summed E-state index contributed by atoms with van der Waals surface area (Å²) in [5, 5.41) is 8.26. The van der Waals surface area contributed by atoms with Crippen molar-refractivity contribution in [3.63, 3.8) is 0 Å². The van der Waals surface area contributed by atoms with Crippen LogP contribution in [0.15, 0.2) is 37.2 Å². The Morgan fingerprint density at radius 3 is 2.71 bits per heavy atom. The zero-order valence-electron chi connectivity index (χ0n) is 9.48. The molecule has 2 N–H and O–H groups in total. The van der Waals surface area contributed by atoms with Crippen LogP contribution in [0.3, 0.4) is 0 Å². The Morgan fingerprint density at radius 1 is 1.41 bits per heavy atom. The molecule has 0 radical (unpaired) electrons. The van der Waals surface area contributed by atoms with Crippen LogP contribution < -0.4 is 5.73 Å². The molecule has 17 heavy (non-hydrogen) atoms. The number of hydrogen-bond donors (Lipinski definition) is 1. The molecule has 1 atom stereocenters. The summed E-state index contributed by atoms with van der Waals surface area (Å²) in [6, 6.07) is 6.01. The third-order valence-electron chi connectivity index (χ3n) is 2.18. The average molecular weight is 314 g/mol. The van der Waals surface area contributed by atoms with Crippen LogP contribution in [0.5, 0.6) is 0 Å². The molecule has 6 heteroatoms. The third-order valence-corrected chi connectivity index (χ3v) is 3.69. The van der Waals surface area contributed by atoms with Gasteiger partial charge in [0.05, 0.1) is 0 Å². The predicted octanol–water partition coefficient (Wildman–Crippen LogP) is 3.31. The second-order valence-electron chi connectivity index (χ2n) is 3.66. The summed E-state index contributed by atoms with van der Waals surface area (Å²) < 4.78 is 6.30. The number of benzene rings is 1. The van der Waals surface area contributed by atoms with E-state index in [2.05, 4.69) is 26.1 Å². The van der Waals surface area contributed by atoms with Crippen molar-refractivity contribution >= 4 is 27.7 Å². The quantitative estimate of drug-likeness (QED) is 0.941. The van der Waals surface area contributed by atoms with Crippen molar-refractivity contribution in [2.24, 2.45) is 5.73 Å². The first-order valence-corrected chi connectivity index (χ1v) is 6.70. The molecule has 2 rings (SSSR count). The maximum Gasteiger partial charge on any atom is 0.281 e. The maximum absolute atomic E-state index is 5.84. The lowest BCUT2D eigenvalue weighted by atomic mass is 10.1. The van der Waals surface area contributed by atoms with E-state index in [1.54, 1.807) is 6.92 Å². The first kappa shape index (κ1) is 12.6. The van der Waals surface area contributed by atoms with E-state index in [4.69, 9.17) is 10.2 Å². The Balaban J connectivity index is 2.20. The van der Waals surface area contributed by atoms with E-state index in [1.807, 2.05) is 25.1 Å². The second kappa shape index (κ2) is 5.20. The lowest BCUT2D eigenvalue weighted by Gasteiger charge is -2.09. The zero-order chi connectivity index (χ0) is 12.4. The molecule has 0 aliphatic heterocycles.